The lowest BCUT2D eigenvalue weighted by molar-refractivity contribution is -0.120. The first-order valence-corrected chi connectivity index (χ1v) is 8.05. The number of rotatable bonds is 7. The van der Waals surface area contributed by atoms with Crippen molar-refractivity contribution < 1.29 is 23.1 Å². The first-order valence-electron chi connectivity index (χ1n) is 8.05. The Hall–Kier alpha value is -2.67. The van der Waals surface area contributed by atoms with Crippen molar-refractivity contribution in [2.24, 2.45) is 5.92 Å². The van der Waals surface area contributed by atoms with Crippen molar-refractivity contribution in [2.45, 2.75) is 19.8 Å². The van der Waals surface area contributed by atoms with Crippen molar-refractivity contribution >= 4 is 23.2 Å². The molecule has 0 bridgehead atoms. The van der Waals surface area contributed by atoms with Crippen molar-refractivity contribution in [3.05, 3.63) is 47.7 Å². The molecule has 0 spiro atoms. The molecule has 1 aromatic heterocycles. The largest absolute Gasteiger partial charge is 0.469 e. The molecule has 6 nitrogen and oxygen atoms in total. The Labute approximate surface area is 144 Å². The topological polar surface area (TPSA) is 80.6 Å². The second-order valence-corrected chi connectivity index (χ2v) is 6.05. The molecule has 0 atom stereocenters. The molecule has 2 aromatic rings. The predicted octanol–water partition coefficient (Wildman–Crippen LogP) is 3.34. The molecule has 132 valence electrons. The highest BCUT2D eigenvalue weighted by molar-refractivity contribution is 6.05. The smallest absolute Gasteiger partial charge is 0.259 e. The molecule has 0 aliphatic heterocycles. The van der Waals surface area contributed by atoms with Gasteiger partial charge in [0.25, 0.3) is 5.91 Å². The molecule has 2 N–H and O–H groups in total. The highest BCUT2D eigenvalue weighted by Crippen LogP contribution is 2.28. The maximum absolute atomic E-state index is 13.9. The predicted molar refractivity (Wildman–Crippen MR) is 90.0 cm³/mol. The highest BCUT2D eigenvalue weighted by Gasteiger charge is 2.21. The summed E-state index contributed by atoms with van der Waals surface area (Å²) in [5.41, 5.74) is 0.672. The first kappa shape index (κ1) is 17.2. The van der Waals surface area contributed by atoms with Gasteiger partial charge in [-0.3, -0.25) is 9.59 Å². The van der Waals surface area contributed by atoms with Gasteiger partial charge >= 0.3 is 0 Å². The number of hydrogen-bond acceptors (Lipinski definition) is 4. The van der Waals surface area contributed by atoms with Crippen molar-refractivity contribution in [1.82, 2.24) is 0 Å². The van der Waals surface area contributed by atoms with Crippen LogP contribution in [0.2, 0.25) is 0 Å². The molecule has 25 heavy (non-hydrogen) atoms. The lowest BCUT2D eigenvalue weighted by atomic mass is 10.2. The molecule has 1 fully saturated rings. The van der Waals surface area contributed by atoms with E-state index in [2.05, 4.69) is 10.6 Å². The number of anilines is 2. The summed E-state index contributed by atoms with van der Waals surface area (Å²) in [6.07, 6.45) is 3.69. The zero-order valence-electron chi connectivity index (χ0n) is 13.8. The summed E-state index contributed by atoms with van der Waals surface area (Å²) >= 11 is 0. The maximum Gasteiger partial charge on any atom is 0.259 e. The fraction of sp³-hybridized carbons (Fsp3) is 0.333. The Morgan fingerprint density at radius 3 is 2.76 bits per heavy atom. The molecule has 0 unspecified atom stereocenters. The molecule has 3 rings (SSSR count). The molecule has 0 radical (unpaired) electrons. The molecule has 1 aliphatic rings. The summed E-state index contributed by atoms with van der Waals surface area (Å²) < 4.78 is 24.3. The Kier molecular flexibility index (Phi) is 5.14. The Balaban J connectivity index is 1.60. The van der Waals surface area contributed by atoms with Crippen molar-refractivity contribution in [2.75, 3.05) is 23.8 Å². The van der Waals surface area contributed by atoms with Crippen LogP contribution in [0.5, 0.6) is 0 Å². The summed E-state index contributed by atoms with van der Waals surface area (Å²) in [5, 5.41) is 5.10. The van der Waals surface area contributed by atoms with E-state index in [1.807, 2.05) is 0 Å². The van der Waals surface area contributed by atoms with E-state index in [9.17, 15) is 14.0 Å². The van der Waals surface area contributed by atoms with Crippen LogP contribution in [-0.2, 0) is 9.53 Å². The SMILES string of the molecule is Cc1occc1C(=O)Nc1cc(NC(=O)COCC2CC2)ccc1F. The van der Waals surface area contributed by atoms with E-state index in [1.165, 1.54) is 30.5 Å². The van der Waals surface area contributed by atoms with Gasteiger partial charge in [-0.2, -0.15) is 0 Å². The van der Waals surface area contributed by atoms with E-state index in [0.29, 0.717) is 29.5 Å². The van der Waals surface area contributed by atoms with Gasteiger partial charge in [0.15, 0.2) is 0 Å². The molecular formula is C18H19FN2O4. The third-order valence-corrected chi connectivity index (χ3v) is 3.89. The fourth-order valence-corrected chi connectivity index (χ4v) is 2.31. The van der Waals surface area contributed by atoms with Gasteiger partial charge in [0.05, 0.1) is 24.1 Å². The average molecular weight is 346 g/mol. The second kappa shape index (κ2) is 7.48. The minimum absolute atomic E-state index is 0.0256. The Morgan fingerprint density at radius 1 is 1.28 bits per heavy atom. The Bertz CT molecular complexity index is 783. The normalized spacial score (nSPS) is 13.5. The number of amides is 2. The molecule has 1 heterocycles. The molecule has 1 aromatic carbocycles. The van der Waals surface area contributed by atoms with Crippen LogP contribution in [0.25, 0.3) is 0 Å². The zero-order chi connectivity index (χ0) is 17.8. The third kappa shape index (κ3) is 4.67. The molecule has 0 saturated heterocycles. The van der Waals surface area contributed by atoms with E-state index >= 15 is 0 Å². The van der Waals surface area contributed by atoms with E-state index in [1.54, 1.807) is 6.92 Å². The standard InChI is InChI=1S/C18H19FN2O4/c1-11-14(6-7-25-11)18(23)21-16-8-13(4-5-15(16)19)20-17(22)10-24-9-12-2-3-12/h4-8,12H,2-3,9-10H2,1H3,(H,20,22)(H,21,23). The molecule has 2 amide bonds. The number of ether oxygens (including phenoxy) is 1. The minimum atomic E-state index is -0.600. The van der Waals surface area contributed by atoms with Crippen molar-refractivity contribution in [3.63, 3.8) is 0 Å². The van der Waals surface area contributed by atoms with Crippen LogP contribution >= 0.6 is 0 Å². The lowest BCUT2D eigenvalue weighted by Gasteiger charge is -2.10. The number of carbonyl (C=O) groups excluding carboxylic acids is 2. The van der Waals surface area contributed by atoms with Crippen LogP contribution in [-0.4, -0.2) is 25.0 Å². The van der Waals surface area contributed by atoms with E-state index in [4.69, 9.17) is 9.15 Å². The first-order chi connectivity index (χ1) is 12.0. The van der Waals surface area contributed by atoms with Crippen LogP contribution in [0, 0.1) is 18.7 Å². The lowest BCUT2D eigenvalue weighted by Crippen LogP contribution is -2.19. The van der Waals surface area contributed by atoms with Gasteiger partial charge in [0.2, 0.25) is 5.91 Å². The third-order valence-electron chi connectivity index (χ3n) is 3.89. The quantitative estimate of drug-likeness (QED) is 0.806. The van der Waals surface area contributed by atoms with Crippen LogP contribution in [0.4, 0.5) is 15.8 Å². The van der Waals surface area contributed by atoms with E-state index in [0.717, 1.165) is 12.8 Å². The molecule has 7 heteroatoms. The minimum Gasteiger partial charge on any atom is -0.469 e. The summed E-state index contributed by atoms with van der Waals surface area (Å²) in [6, 6.07) is 5.47. The number of halogens is 1. The van der Waals surface area contributed by atoms with Crippen molar-refractivity contribution in [1.29, 1.82) is 0 Å². The number of nitrogens with one attached hydrogen (secondary N) is 2. The van der Waals surface area contributed by atoms with Gasteiger partial charge in [0.1, 0.15) is 18.2 Å². The summed E-state index contributed by atoms with van der Waals surface area (Å²) in [4.78, 5) is 24.0. The van der Waals surface area contributed by atoms with Gasteiger partial charge in [-0.15, -0.1) is 0 Å². The molecule has 1 aliphatic carbocycles. The fourth-order valence-electron chi connectivity index (χ4n) is 2.31. The monoisotopic (exact) mass is 346 g/mol. The van der Waals surface area contributed by atoms with Gasteiger partial charge in [-0.1, -0.05) is 0 Å². The zero-order valence-corrected chi connectivity index (χ0v) is 13.8. The number of carbonyl (C=O) groups is 2. The van der Waals surface area contributed by atoms with Crippen LogP contribution in [0.1, 0.15) is 29.0 Å². The summed E-state index contributed by atoms with van der Waals surface area (Å²) in [7, 11) is 0. The van der Waals surface area contributed by atoms with Gasteiger partial charge in [-0.25, -0.2) is 4.39 Å². The van der Waals surface area contributed by atoms with Crippen LogP contribution < -0.4 is 10.6 Å². The Morgan fingerprint density at radius 2 is 2.08 bits per heavy atom. The average Bonchev–Trinajstić information content (AvgIpc) is 3.29. The molecular weight excluding hydrogens is 327 g/mol. The van der Waals surface area contributed by atoms with Gasteiger partial charge < -0.3 is 19.8 Å². The van der Waals surface area contributed by atoms with Crippen molar-refractivity contribution in [3.8, 4) is 0 Å². The van der Waals surface area contributed by atoms with Crippen LogP contribution in [0.3, 0.4) is 0 Å². The number of furan rings is 1. The van der Waals surface area contributed by atoms with E-state index in [-0.39, 0.29) is 18.2 Å². The van der Waals surface area contributed by atoms with Crippen LogP contribution in [0.15, 0.2) is 34.9 Å². The number of aryl methyl sites for hydroxylation is 1. The second-order valence-electron chi connectivity index (χ2n) is 6.05. The van der Waals surface area contributed by atoms with Gasteiger partial charge in [-0.05, 0) is 49.9 Å². The van der Waals surface area contributed by atoms with E-state index < -0.39 is 11.7 Å². The molecule has 1 saturated carbocycles. The highest BCUT2D eigenvalue weighted by atomic mass is 19.1. The number of hydrogen-bond donors (Lipinski definition) is 2. The summed E-state index contributed by atoms with van der Waals surface area (Å²) in [6.45, 7) is 2.18. The summed E-state index contributed by atoms with van der Waals surface area (Å²) in [5.74, 6) is -0.393. The van der Waals surface area contributed by atoms with Gasteiger partial charge in [0, 0.05) is 5.69 Å². The number of benzene rings is 1. The maximum atomic E-state index is 13.9.